The van der Waals surface area contributed by atoms with Crippen LogP contribution in [0.25, 0.3) is 0 Å². The first-order valence-corrected chi connectivity index (χ1v) is 7.26. The van der Waals surface area contributed by atoms with E-state index in [0.29, 0.717) is 12.6 Å². The van der Waals surface area contributed by atoms with Crippen LogP contribution in [0.3, 0.4) is 0 Å². The molecule has 1 aromatic rings. The van der Waals surface area contributed by atoms with Crippen LogP contribution in [0.1, 0.15) is 24.6 Å². The Hall–Kier alpha value is -0.360. The standard InChI is InChI=1S/C13H22BrN3O/c1-16-6-3-4-10(9-16)17(2)12(8-15)13-11(14)5-7-18-13/h5,7,10,12H,3-4,6,8-9,15H2,1-2H3. The summed E-state index contributed by atoms with van der Waals surface area (Å²) >= 11 is 3.53. The van der Waals surface area contributed by atoms with Gasteiger partial charge in [-0.25, -0.2) is 0 Å². The Morgan fingerprint density at radius 1 is 1.67 bits per heavy atom. The van der Waals surface area contributed by atoms with Gasteiger partial charge in [0.15, 0.2) is 0 Å². The van der Waals surface area contributed by atoms with Crippen molar-refractivity contribution in [3.8, 4) is 0 Å². The highest BCUT2D eigenvalue weighted by Gasteiger charge is 2.29. The van der Waals surface area contributed by atoms with Crippen LogP contribution in [0.2, 0.25) is 0 Å². The molecular formula is C13H22BrN3O. The molecule has 0 amide bonds. The summed E-state index contributed by atoms with van der Waals surface area (Å²) in [7, 11) is 4.33. The van der Waals surface area contributed by atoms with Gasteiger partial charge in [0.2, 0.25) is 0 Å². The maximum absolute atomic E-state index is 5.94. The summed E-state index contributed by atoms with van der Waals surface area (Å²) in [6, 6.07) is 2.62. The van der Waals surface area contributed by atoms with Crippen LogP contribution in [-0.2, 0) is 0 Å². The molecule has 5 heteroatoms. The number of hydrogen-bond acceptors (Lipinski definition) is 4. The normalized spacial score (nSPS) is 23.5. The van der Waals surface area contributed by atoms with Gasteiger partial charge in [-0.15, -0.1) is 0 Å². The van der Waals surface area contributed by atoms with Crippen molar-refractivity contribution in [3.63, 3.8) is 0 Å². The highest BCUT2D eigenvalue weighted by atomic mass is 79.9. The molecule has 0 saturated carbocycles. The largest absolute Gasteiger partial charge is 0.466 e. The van der Waals surface area contributed by atoms with Crippen molar-refractivity contribution >= 4 is 15.9 Å². The molecule has 0 spiro atoms. The van der Waals surface area contributed by atoms with Crippen molar-refractivity contribution in [2.24, 2.45) is 5.73 Å². The van der Waals surface area contributed by atoms with Gasteiger partial charge < -0.3 is 15.1 Å². The van der Waals surface area contributed by atoms with Gasteiger partial charge in [-0.1, -0.05) is 0 Å². The maximum atomic E-state index is 5.94. The second-order valence-corrected chi connectivity index (χ2v) is 5.96. The van der Waals surface area contributed by atoms with Crippen LogP contribution in [0.15, 0.2) is 21.2 Å². The molecule has 1 fully saturated rings. The minimum Gasteiger partial charge on any atom is -0.466 e. The Kier molecular flexibility index (Phi) is 4.84. The second-order valence-electron chi connectivity index (χ2n) is 5.11. The van der Waals surface area contributed by atoms with Crippen molar-refractivity contribution in [1.29, 1.82) is 0 Å². The minimum atomic E-state index is 0.144. The predicted molar refractivity (Wildman–Crippen MR) is 76.5 cm³/mol. The van der Waals surface area contributed by atoms with E-state index < -0.39 is 0 Å². The van der Waals surface area contributed by atoms with Gasteiger partial charge >= 0.3 is 0 Å². The number of nitrogens with two attached hydrogens (primary N) is 1. The van der Waals surface area contributed by atoms with Crippen molar-refractivity contribution in [1.82, 2.24) is 9.80 Å². The summed E-state index contributed by atoms with van der Waals surface area (Å²) in [6.45, 7) is 2.87. The molecule has 18 heavy (non-hydrogen) atoms. The number of halogens is 1. The van der Waals surface area contributed by atoms with Crippen LogP contribution < -0.4 is 5.73 Å². The third-order valence-corrected chi connectivity index (χ3v) is 4.49. The molecule has 4 nitrogen and oxygen atoms in total. The van der Waals surface area contributed by atoms with Crippen molar-refractivity contribution in [2.45, 2.75) is 24.9 Å². The monoisotopic (exact) mass is 315 g/mol. The Morgan fingerprint density at radius 3 is 3.00 bits per heavy atom. The lowest BCUT2D eigenvalue weighted by molar-refractivity contribution is 0.0916. The van der Waals surface area contributed by atoms with Crippen LogP contribution in [0, 0.1) is 0 Å². The average molecular weight is 316 g/mol. The van der Waals surface area contributed by atoms with Gasteiger partial charge in [0.25, 0.3) is 0 Å². The van der Waals surface area contributed by atoms with E-state index in [0.717, 1.165) is 16.8 Å². The van der Waals surface area contributed by atoms with E-state index in [1.807, 2.05) is 6.07 Å². The van der Waals surface area contributed by atoms with E-state index in [2.05, 4.69) is 39.8 Å². The first kappa shape index (κ1) is 14.1. The summed E-state index contributed by atoms with van der Waals surface area (Å²) < 4.78 is 6.58. The van der Waals surface area contributed by atoms with E-state index in [9.17, 15) is 0 Å². The average Bonchev–Trinajstić information content (AvgIpc) is 2.77. The second kappa shape index (κ2) is 6.19. The third-order valence-electron chi connectivity index (χ3n) is 3.84. The smallest absolute Gasteiger partial charge is 0.136 e. The van der Waals surface area contributed by atoms with E-state index in [4.69, 9.17) is 10.2 Å². The summed E-state index contributed by atoms with van der Waals surface area (Å²) in [5, 5.41) is 0. The highest BCUT2D eigenvalue weighted by molar-refractivity contribution is 9.10. The summed E-state index contributed by atoms with van der Waals surface area (Å²) in [6.07, 6.45) is 4.20. The quantitative estimate of drug-likeness (QED) is 0.924. The van der Waals surface area contributed by atoms with Gasteiger partial charge in [0, 0.05) is 19.1 Å². The van der Waals surface area contributed by atoms with Crippen LogP contribution in [0.4, 0.5) is 0 Å². The molecule has 2 heterocycles. The van der Waals surface area contributed by atoms with Crippen LogP contribution in [0.5, 0.6) is 0 Å². The topological polar surface area (TPSA) is 45.6 Å². The molecule has 2 N–H and O–H groups in total. The number of likely N-dealkylation sites (N-methyl/N-ethyl adjacent to an activating group) is 2. The number of furan rings is 1. The van der Waals surface area contributed by atoms with Gasteiger partial charge in [-0.3, -0.25) is 4.90 Å². The first-order chi connectivity index (χ1) is 8.63. The number of piperidine rings is 1. The molecular weight excluding hydrogens is 294 g/mol. The van der Waals surface area contributed by atoms with E-state index in [1.165, 1.54) is 19.4 Å². The Morgan fingerprint density at radius 2 is 2.44 bits per heavy atom. The van der Waals surface area contributed by atoms with Gasteiger partial charge in [0.05, 0.1) is 16.8 Å². The molecule has 102 valence electrons. The number of likely N-dealkylation sites (tertiary alicyclic amines) is 1. The molecule has 1 aliphatic rings. The summed E-state index contributed by atoms with van der Waals surface area (Å²) in [4.78, 5) is 4.74. The number of nitrogens with zero attached hydrogens (tertiary/aromatic N) is 2. The lowest BCUT2D eigenvalue weighted by Gasteiger charge is -2.39. The minimum absolute atomic E-state index is 0.144. The number of hydrogen-bond donors (Lipinski definition) is 1. The number of rotatable bonds is 4. The molecule has 0 radical (unpaired) electrons. The Balaban J connectivity index is 2.10. The van der Waals surface area contributed by atoms with Gasteiger partial charge in [0.1, 0.15) is 5.76 Å². The molecule has 0 bridgehead atoms. The zero-order valence-corrected chi connectivity index (χ0v) is 12.7. The van der Waals surface area contributed by atoms with Gasteiger partial charge in [-0.05, 0) is 55.5 Å². The summed E-state index contributed by atoms with van der Waals surface area (Å²) in [5.41, 5.74) is 5.94. The fourth-order valence-corrected chi connectivity index (χ4v) is 3.19. The van der Waals surface area contributed by atoms with Crippen LogP contribution in [-0.4, -0.2) is 49.6 Å². The van der Waals surface area contributed by atoms with Gasteiger partial charge in [-0.2, -0.15) is 0 Å². The molecule has 1 saturated heterocycles. The van der Waals surface area contributed by atoms with E-state index >= 15 is 0 Å². The molecule has 1 aliphatic heterocycles. The lowest BCUT2D eigenvalue weighted by Crippen LogP contribution is -2.47. The highest BCUT2D eigenvalue weighted by Crippen LogP contribution is 2.30. The van der Waals surface area contributed by atoms with Crippen molar-refractivity contribution < 1.29 is 4.42 Å². The zero-order valence-electron chi connectivity index (χ0n) is 11.1. The SMILES string of the molecule is CN1CCCC(N(C)C(CN)c2occc2Br)C1. The lowest BCUT2D eigenvalue weighted by atomic mass is 10.0. The summed E-state index contributed by atoms with van der Waals surface area (Å²) in [5.74, 6) is 0.938. The molecule has 2 rings (SSSR count). The molecule has 2 atom stereocenters. The Labute approximate surface area is 117 Å². The maximum Gasteiger partial charge on any atom is 0.136 e. The first-order valence-electron chi connectivity index (χ1n) is 6.47. The predicted octanol–water partition coefficient (Wildman–Crippen LogP) is 2.07. The van der Waals surface area contributed by atoms with E-state index in [1.54, 1.807) is 6.26 Å². The zero-order chi connectivity index (χ0) is 13.1. The fraction of sp³-hybridized carbons (Fsp3) is 0.692. The fourth-order valence-electron chi connectivity index (χ4n) is 2.73. The van der Waals surface area contributed by atoms with Crippen LogP contribution >= 0.6 is 15.9 Å². The molecule has 0 aliphatic carbocycles. The van der Waals surface area contributed by atoms with Crippen molar-refractivity contribution in [3.05, 3.63) is 22.6 Å². The molecule has 2 unspecified atom stereocenters. The van der Waals surface area contributed by atoms with Crippen molar-refractivity contribution in [2.75, 3.05) is 33.7 Å². The molecule has 0 aromatic carbocycles. The molecule has 1 aromatic heterocycles. The third kappa shape index (κ3) is 2.96. The van der Waals surface area contributed by atoms with E-state index in [-0.39, 0.29) is 6.04 Å². The Bertz CT molecular complexity index is 382.